The average Bonchev–Trinajstić information content (AvgIpc) is 1.98. The molecule has 0 spiro atoms. The molecule has 1 heterocycles. The Labute approximate surface area is 53.4 Å². The van der Waals surface area contributed by atoms with Gasteiger partial charge in [-0.25, -0.2) is 9.66 Å². The van der Waals surface area contributed by atoms with E-state index in [1.54, 1.807) is 0 Å². The molecule has 0 aliphatic carbocycles. The lowest BCUT2D eigenvalue weighted by Crippen LogP contribution is -2.13. The smallest absolute Gasteiger partial charge is 0.219 e. The van der Waals surface area contributed by atoms with E-state index in [9.17, 15) is 0 Å². The summed E-state index contributed by atoms with van der Waals surface area (Å²) in [5.41, 5.74) is 7.16. The van der Waals surface area contributed by atoms with Crippen molar-refractivity contribution in [2.24, 2.45) is 0 Å². The summed E-state index contributed by atoms with van der Waals surface area (Å²) in [4.78, 5) is 3.93. The molecule has 0 unspecified atom stereocenters. The van der Waals surface area contributed by atoms with E-state index in [2.05, 4.69) is 4.98 Å². The number of imidazole rings is 1. The molecule has 9 heavy (non-hydrogen) atoms. The highest BCUT2D eigenvalue weighted by Crippen LogP contribution is 2.05. The fraction of sp³-hybridized carbons (Fsp3) is 0.400. The maximum Gasteiger partial charge on any atom is 0.219 e. The van der Waals surface area contributed by atoms with Crippen molar-refractivity contribution in [3.8, 4) is 0 Å². The van der Waals surface area contributed by atoms with Crippen molar-refractivity contribution in [3.05, 3.63) is 11.4 Å². The minimum atomic E-state index is 0.366. The summed E-state index contributed by atoms with van der Waals surface area (Å²) in [6.45, 7) is 3.74. The number of rotatable bonds is 0. The molecular weight excluding hydrogens is 116 g/mol. The van der Waals surface area contributed by atoms with Gasteiger partial charge in [-0.15, -0.1) is 0 Å². The zero-order chi connectivity index (χ0) is 7.02. The molecule has 0 saturated carbocycles. The predicted molar refractivity (Wildman–Crippen MR) is 36.3 cm³/mol. The van der Waals surface area contributed by atoms with E-state index in [-0.39, 0.29) is 0 Å². The number of nitrogen functional groups attached to an aromatic ring is 2. The number of nitrogens with zero attached hydrogens (tertiary/aromatic N) is 2. The molecule has 0 fully saturated rings. The van der Waals surface area contributed by atoms with Crippen molar-refractivity contribution in [1.29, 1.82) is 0 Å². The second-order valence-electron chi connectivity index (χ2n) is 2.01. The summed E-state index contributed by atoms with van der Waals surface area (Å²) < 4.78 is 1.37. The first-order valence-electron chi connectivity index (χ1n) is 2.69. The fourth-order valence-corrected chi connectivity index (χ4v) is 0.653. The third kappa shape index (κ3) is 0.718. The van der Waals surface area contributed by atoms with Gasteiger partial charge in [-0.1, -0.05) is 0 Å². The van der Waals surface area contributed by atoms with Gasteiger partial charge in [0.25, 0.3) is 0 Å². The van der Waals surface area contributed by atoms with Gasteiger partial charge in [-0.3, -0.25) is 0 Å². The Morgan fingerprint density at radius 2 is 2.00 bits per heavy atom. The van der Waals surface area contributed by atoms with Gasteiger partial charge >= 0.3 is 0 Å². The molecule has 4 N–H and O–H groups in total. The lowest BCUT2D eigenvalue weighted by Gasteiger charge is -1.94. The van der Waals surface area contributed by atoms with Crippen LogP contribution in [0.3, 0.4) is 0 Å². The number of nitrogens with two attached hydrogens (primary N) is 2. The molecule has 1 rings (SSSR count). The zero-order valence-corrected chi connectivity index (χ0v) is 5.55. The van der Waals surface area contributed by atoms with Crippen molar-refractivity contribution in [2.75, 3.05) is 11.6 Å². The van der Waals surface area contributed by atoms with Crippen LogP contribution >= 0.6 is 0 Å². The van der Waals surface area contributed by atoms with Gasteiger partial charge in [-0.2, -0.15) is 0 Å². The van der Waals surface area contributed by atoms with E-state index in [1.807, 2.05) is 13.8 Å². The van der Waals surface area contributed by atoms with Crippen molar-refractivity contribution >= 4 is 5.95 Å². The third-order valence-corrected chi connectivity index (χ3v) is 1.41. The monoisotopic (exact) mass is 126 g/mol. The van der Waals surface area contributed by atoms with Crippen LogP contribution in [0.1, 0.15) is 11.4 Å². The lowest BCUT2D eigenvalue weighted by molar-refractivity contribution is 0.962. The minimum Gasteiger partial charge on any atom is -0.368 e. The predicted octanol–water partition coefficient (Wildman–Crippen LogP) is -0.204. The third-order valence-electron chi connectivity index (χ3n) is 1.41. The molecule has 4 heteroatoms. The highest BCUT2D eigenvalue weighted by atomic mass is 15.4. The van der Waals surface area contributed by atoms with E-state index >= 15 is 0 Å². The van der Waals surface area contributed by atoms with Gasteiger partial charge in [0.15, 0.2) is 0 Å². The van der Waals surface area contributed by atoms with Crippen molar-refractivity contribution in [2.45, 2.75) is 13.8 Å². The number of hydrogen-bond donors (Lipinski definition) is 2. The number of aryl methyl sites for hydroxylation is 1. The Morgan fingerprint density at radius 3 is 2.11 bits per heavy atom. The lowest BCUT2D eigenvalue weighted by atomic mass is 10.4. The Bertz CT molecular complexity index is 203. The first-order chi connectivity index (χ1) is 4.13. The van der Waals surface area contributed by atoms with E-state index in [0.29, 0.717) is 5.95 Å². The Hall–Kier alpha value is -1.19. The fourth-order valence-electron chi connectivity index (χ4n) is 0.653. The van der Waals surface area contributed by atoms with Crippen LogP contribution in [0.2, 0.25) is 0 Å². The summed E-state index contributed by atoms with van der Waals surface area (Å²) >= 11 is 0. The molecule has 0 aliphatic heterocycles. The Balaban J connectivity index is 3.29. The summed E-state index contributed by atoms with van der Waals surface area (Å²) in [6, 6.07) is 0. The first-order valence-corrected chi connectivity index (χ1v) is 2.69. The molecule has 4 nitrogen and oxygen atoms in total. The van der Waals surface area contributed by atoms with E-state index in [0.717, 1.165) is 11.4 Å². The highest BCUT2D eigenvalue weighted by molar-refractivity contribution is 5.27. The zero-order valence-electron chi connectivity index (χ0n) is 5.55. The van der Waals surface area contributed by atoms with Crippen molar-refractivity contribution < 1.29 is 0 Å². The van der Waals surface area contributed by atoms with Gasteiger partial charge < -0.3 is 11.6 Å². The minimum absolute atomic E-state index is 0.366. The van der Waals surface area contributed by atoms with Crippen molar-refractivity contribution in [1.82, 2.24) is 9.66 Å². The van der Waals surface area contributed by atoms with Gasteiger partial charge in [0.1, 0.15) is 0 Å². The molecular formula is C5H10N4. The average molecular weight is 126 g/mol. The van der Waals surface area contributed by atoms with E-state index in [4.69, 9.17) is 11.6 Å². The normalized spacial score (nSPS) is 10.0. The summed E-state index contributed by atoms with van der Waals surface area (Å²) in [7, 11) is 0. The second kappa shape index (κ2) is 1.65. The Morgan fingerprint density at radius 1 is 1.44 bits per heavy atom. The molecule has 0 saturated heterocycles. The van der Waals surface area contributed by atoms with Crippen LogP contribution in [0.4, 0.5) is 5.95 Å². The molecule has 0 radical (unpaired) electrons. The molecule has 0 bridgehead atoms. The standard InChI is InChI=1S/C5H10N4/c1-3-4(2)9(7)5(6)8-3/h7H2,1-2H3,(H2,6,8). The van der Waals surface area contributed by atoms with Crippen molar-refractivity contribution in [3.63, 3.8) is 0 Å². The molecule has 50 valence electrons. The summed E-state index contributed by atoms with van der Waals surface area (Å²) in [6.07, 6.45) is 0. The van der Waals surface area contributed by atoms with Crippen LogP contribution in [-0.4, -0.2) is 9.66 Å². The van der Waals surface area contributed by atoms with Crippen LogP contribution in [0, 0.1) is 13.8 Å². The summed E-state index contributed by atoms with van der Waals surface area (Å²) in [5, 5.41) is 0. The van der Waals surface area contributed by atoms with E-state index in [1.165, 1.54) is 4.68 Å². The van der Waals surface area contributed by atoms with Gasteiger partial charge in [0.05, 0.1) is 11.4 Å². The van der Waals surface area contributed by atoms with Crippen LogP contribution in [0.5, 0.6) is 0 Å². The number of hydrogen-bond acceptors (Lipinski definition) is 3. The molecule has 1 aromatic heterocycles. The quantitative estimate of drug-likeness (QED) is 0.473. The topological polar surface area (TPSA) is 69.9 Å². The first kappa shape index (κ1) is 5.94. The SMILES string of the molecule is Cc1nc(N)n(N)c1C. The maximum atomic E-state index is 5.43. The molecule has 0 aromatic carbocycles. The number of anilines is 1. The molecule has 0 atom stereocenters. The maximum absolute atomic E-state index is 5.43. The molecule has 0 aliphatic rings. The van der Waals surface area contributed by atoms with Gasteiger partial charge in [0.2, 0.25) is 5.95 Å². The second-order valence-corrected chi connectivity index (χ2v) is 2.01. The molecule has 0 amide bonds. The van der Waals surface area contributed by atoms with Crippen LogP contribution in [0.25, 0.3) is 0 Å². The van der Waals surface area contributed by atoms with Gasteiger partial charge in [-0.05, 0) is 13.8 Å². The van der Waals surface area contributed by atoms with Crippen LogP contribution in [-0.2, 0) is 0 Å². The number of aromatic nitrogens is 2. The van der Waals surface area contributed by atoms with E-state index < -0.39 is 0 Å². The Kier molecular flexibility index (Phi) is 1.09. The van der Waals surface area contributed by atoms with Crippen LogP contribution in [0.15, 0.2) is 0 Å². The summed E-state index contributed by atoms with van der Waals surface area (Å²) in [5.74, 6) is 5.80. The van der Waals surface area contributed by atoms with Gasteiger partial charge in [0, 0.05) is 0 Å². The molecule has 1 aromatic rings. The highest BCUT2D eigenvalue weighted by Gasteiger charge is 2.02. The van der Waals surface area contributed by atoms with Crippen LogP contribution < -0.4 is 11.6 Å². The largest absolute Gasteiger partial charge is 0.368 e.